The first-order chi connectivity index (χ1) is 14.8. The van der Waals surface area contributed by atoms with Crippen LogP contribution < -0.4 is 20.1 Å². The number of hydrogen-bond donors (Lipinski definition) is 3. The fourth-order valence-corrected chi connectivity index (χ4v) is 4.93. The first-order valence-electron chi connectivity index (χ1n) is 10.6. The molecule has 0 spiro atoms. The number of sulfonamides is 1. The molecular weight excluding hydrogens is 539 g/mol. The number of halogens is 1. The third kappa shape index (κ3) is 8.25. The molecule has 0 amide bonds. The topological polar surface area (TPSA) is 91.8 Å². The van der Waals surface area contributed by atoms with Gasteiger partial charge >= 0.3 is 0 Å². The molecule has 2 aromatic carbocycles. The minimum absolute atomic E-state index is 0. The third-order valence-corrected chi connectivity index (χ3v) is 6.48. The Kier molecular flexibility index (Phi) is 10.2. The van der Waals surface area contributed by atoms with Gasteiger partial charge in [-0.1, -0.05) is 36.4 Å². The number of aliphatic imine (C=N–C) groups is 1. The summed E-state index contributed by atoms with van der Waals surface area (Å²) in [5, 5.41) is 6.63. The summed E-state index contributed by atoms with van der Waals surface area (Å²) in [4.78, 5) is 4.27. The van der Waals surface area contributed by atoms with Crippen LogP contribution in [0.3, 0.4) is 0 Å². The summed E-state index contributed by atoms with van der Waals surface area (Å²) in [7, 11) is -1.57. The number of ether oxygens (including phenoxy) is 1. The smallest absolute Gasteiger partial charge is 0.216 e. The summed E-state index contributed by atoms with van der Waals surface area (Å²) in [6.45, 7) is 5.78. The van der Waals surface area contributed by atoms with Crippen LogP contribution in [0.1, 0.15) is 36.1 Å². The molecule has 0 bridgehead atoms. The lowest BCUT2D eigenvalue weighted by molar-refractivity contribution is 0.357. The number of nitrogens with one attached hydrogen (secondary N) is 3. The highest BCUT2D eigenvalue weighted by Gasteiger charge is 2.13. The fraction of sp³-hybridized carbons (Fsp3) is 0.435. The van der Waals surface area contributed by atoms with E-state index in [1.165, 1.54) is 11.1 Å². The summed E-state index contributed by atoms with van der Waals surface area (Å²) in [5.41, 5.74) is 4.39. The zero-order chi connectivity index (χ0) is 22.3. The maximum atomic E-state index is 12.1. The van der Waals surface area contributed by atoms with Crippen molar-refractivity contribution in [1.82, 2.24) is 15.4 Å². The minimum Gasteiger partial charge on any atom is -0.493 e. The van der Waals surface area contributed by atoms with Gasteiger partial charge in [-0.25, -0.2) is 13.1 Å². The fourth-order valence-electron chi connectivity index (χ4n) is 3.50. The van der Waals surface area contributed by atoms with Crippen molar-refractivity contribution in [3.63, 3.8) is 0 Å². The van der Waals surface area contributed by atoms with Gasteiger partial charge in [0.05, 0.1) is 12.4 Å². The zero-order valence-corrected chi connectivity index (χ0v) is 22.0. The second-order valence-electron chi connectivity index (χ2n) is 7.99. The second kappa shape index (κ2) is 12.4. The van der Waals surface area contributed by atoms with E-state index in [4.69, 9.17) is 4.74 Å². The van der Waals surface area contributed by atoms with Crippen LogP contribution in [-0.4, -0.2) is 40.6 Å². The van der Waals surface area contributed by atoms with Gasteiger partial charge in [0.15, 0.2) is 5.96 Å². The number of hydrogen-bond acceptors (Lipinski definition) is 4. The quantitative estimate of drug-likeness (QED) is 0.244. The van der Waals surface area contributed by atoms with Crippen LogP contribution in [0.25, 0.3) is 0 Å². The highest BCUT2D eigenvalue weighted by molar-refractivity contribution is 14.0. The molecule has 32 heavy (non-hydrogen) atoms. The molecule has 0 atom stereocenters. The molecule has 2 aromatic rings. The summed E-state index contributed by atoms with van der Waals surface area (Å²) >= 11 is 0. The Morgan fingerprint density at radius 2 is 1.75 bits per heavy atom. The Morgan fingerprint density at radius 1 is 1.06 bits per heavy atom. The van der Waals surface area contributed by atoms with Gasteiger partial charge in [0.25, 0.3) is 0 Å². The number of nitrogens with zero attached hydrogens (tertiary/aromatic N) is 1. The molecule has 7 nitrogen and oxygen atoms in total. The largest absolute Gasteiger partial charge is 0.493 e. The molecule has 0 aromatic heterocycles. The molecule has 1 aliphatic rings. The van der Waals surface area contributed by atoms with Gasteiger partial charge in [0.2, 0.25) is 10.0 Å². The Balaban J connectivity index is 0.00000363. The van der Waals surface area contributed by atoms with E-state index in [2.05, 4.69) is 38.5 Å². The standard InChI is InChI=1S/C23H32N4O3S.HI/c1-17(2)27-31(28,29)16-20-6-4-19(5-7-20)15-26-23(24-3)25-12-10-18-8-9-22-21(14-18)11-13-30-22;/h4-9,14,17,27H,10-13,15-16H2,1-3H3,(H2,24,25,26);1H. The molecule has 1 aliphatic heterocycles. The Morgan fingerprint density at radius 3 is 2.44 bits per heavy atom. The van der Waals surface area contributed by atoms with Gasteiger partial charge < -0.3 is 15.4 Å². The van der Waals surface area contributed by atoms with E-state index in [-0.39, 0.29) is 35.8 Å². The predicted octanol–water partition coefficient (Wildman–Crippen LogP) is 2.98. The van der Waals surface area contributed by atoms with Crippen molar-refractivity contribution < 1.29 is 13.2 Å². The summed E-state index contributed by atoms with van der Waals surface area (Å²) in [6, 6.07) is 13.9. The Hall–Kier alpha value is -1.85. The van der Waals surface area contributed by atoms with Crippen molar-refractivity contribution in [3.8, 4) is 5.75 Å². The van der Waals surface area contributed by atoms with E-state index < -0.39 is 10.0 Å². The van der Waals surface area contributed by atoms with Crippen LogP contribution >= 0.6 is 24.0 Å². The second-order valence-corrected chi connectivity index (χ2v) is 9.75. The van der Waals surface area contributed by atoms with Crippen molar-refractivity contribution in [2.75, 3.05) is 20.2 Å². The molecule has 176 valence electrons. The van der Waals surface area contributed by atoms with Gasteiger partial charge in [0, 0.05) is 32.6 Å². The molecule has 0 saturated carbocycles. The first-order valence-corrected chi connectivity index (χ1v) is 12.3. The molecule has 0 saturated heterocycles. The van der Waals surface area contributed by atoms with Crippen LogP contribution in [-0.2, 0) is 35.2 Å². The molecule has 0 unspecified atom stereocenters. The normalized spacial score (nSPS) is 13.3. The average molecular weight is 573 g/mol. The number of rotatable bonds is 9. The molecule has 0 fully saturated rings. The molecule has 3 rings (SSSR count). The molecular formula is C23H33IN4O3S. The van der Waals surface area contributed by atoms with Crippen LogP contribution in [0.4, 0.5) is 0 Å². The SMILES string of the molecule is CN=C(NCCc1ccc2c(c1)CCO2)NCc1ccc(CS(=O)(=O)NC(C)C)cc1.I. The van der Waals surface area contributed by atoms with Gasteiger partial charge in [-0.15, -0.1) is 24.0 Å². The van der Waals surface area contributed by atoms with Crippen molar-refractivity contribution in [2.45, 2.75) is 45.0 Å². The third-order valence-electron chi connectivity index (χ3n) is 4.94. The van der Waals surface area contributed by atoms with E-state index in [0.717, 1.165) is 48.8 Å². The van der Waals surface area contributed by atoms with E-state index >= 15 is 0 Å². The van der Waals surface area contributed by atoms with Crippen molar-refractivity contribution in [3.05, 3.63) is 64.7 Å². The van der Waals surface area contributed by atoms with Crippen LogP contribution in [0.5, 0.6) is 5.75 Å². The highest BCUT2D eigenvalue weighted by Crippen LogP contribution is 2.25. The van der Waals surface area contributed by atoms with Gasteiger partial charge in [0.1, 0.15) is 5.75 Å². The molecule has 9 heteroatoms. The van der Waals surface area contributed by atoms with E-state index in [1.54, 1.807) is 7.05 Å². The predicted molar refractivity (Wildman–Crippen MR) is 140 cm³/mol. The molecule has 1 heterocycles. The molecule has 3 N–H and O–H groups in total. The monoisotopic (exact) mass is 572 g/mol. The first kappa shape index (κ1) is 26.4. The van der Waals surface area contributed by atoms with Gasteiger partial charge in [-0.2, -0.15) is 0 Å². The van der Waals surface area contributed by atoms with Crippen LogP contribution in [0.2, 0.25) is 0 Å². The Bertz CT molecular complexity index is 1010. The maximum Gasteiger partial charge on any atom is 0.216 e. The van der Waals surface area contributed by atoms with Crippen molar-refractivity contribution in [2.24, 2.45) is 4.99 Å². The highest BCUT2D eigenvalue weighted by atomic mass is 127. The molecule has 0 aliphatic carbocycles. The average Bonchev–Trinajstić information content (AvgIpc) is 3.18. The maximum absolute atomic E-state index is 12.1. The van der Waals surface area contributed by atoms with Crippen molar-refractivity contribution >= 4 is 40.0 Å². The van der Waals surface area contributed by atoms with Gasteiger partial charge in [-0.3, -0.25) is 4.99 Å². The Labute approximate surface area is 208 Å². The lowest BCUT2D eigenvalue weighted by atomic mass is 10.1. The van der Waals surface area contributed by atoms with Crippen LogP contribution in [0.15, 0.2) is 47.5 Å². The summed E-state index contributed by atoms with van der Waals surface area (Å²) in [5.74, 6) is 1.72. The number of fused-ring (bicyclic) bond motifs is 1. The zero-order valence-electron chi connectivity index (χ0n) is 18.8. The van der Waals surface area contributed by atoms with E-state index in [1.807, 2.05) is 38.1 Å². The minimum atomic E-state index is -3.31. The number of benzene rings is 2. The van der Waals surface area contributed by atoms with E-state index in [0.29, 0.717) is 6.54 Å². The lowest BCUT2D eigenvalue weighted by Crippen LogP contribution is -2.37. The van der Waals surface area contributed by atoms with Crippen molar-refractivity contribution in [1.29, 1.82) is 0 Å². The number of guanidine groups is 1. The van der Waals surface area contributed by atoms with E-state index in [9.17, 15) is 8.42 Å². The van der Waals surface area contributed by atoms with Gasteiger partial charge in [-0.05, 0) is 48.6 Å². The molecule has 0 radical (unpaired) electrons. The lowest BCUT2D eigenvalue weighted by Gasteiger charge is -2.13. The summed E-state index contributed by atoms with van der Waals surface area (Å²) in [6.07, 6.45) is 1.89. The summed E-state index contributed by atoms with van der Waals surface area (Å²) < 4.78 is 32.3. The van der Waals surface area contributed by atoms with Crippen LogP contribution in [0, 0.1) is 0 Å².